The lowest BCUT2D eigenvalue weighted by Gasteiger charge is -2.27. The molecule has 1 saturated carbocycles. The maximum Gasteiger partial charge on any atom is 0.247 e. The van der Waals surface area contributed by atoms with Gasteiger partial charge < -0.3 is 4.90 Å². The van der Waals surface area contributed by atoms with E-state index in [9.17, 15) is 13.2 Å². The molecule has 1 aromatic rings. The van der Waals surface area contributed by atoms with Crippen LogP contribution in [0.3, 0.4) is 0 Å². The van der Waals surface area contributed by atoms with Gasteiger partial charge in [-0.2, -0.15) is 0 Å². The molecule has 1 heterocycles. The second-order valence-electron chi connectivity index (χ2n) is 5.54. The van der Waals surface area contributed by atoms with E-state index in [1.807, 2.05) is 6.07 Å². The molecule has 1 amide bonds. The van der Waals surface area contributed by atoms with Crippen LogP contribution in [0.15, 0.2) is 30.6 Å². The number of carbonyl (C=O) groups is 1. The third-order valence-electron chi connectivity index (χ3n) is 3.32. The maximum absolute atomic E-state index is 12.3. The number of aromatic nitrogens is 1. The fraction of sp³-hybridized carbons (Fsp3) is 0.467. The number of pyridine rings is 1. The van der Waals surface area contributed by atoms with Crippen LogP contribution in [-0.2, 0) is 14.6 Å². The Labute approximate surface area is 125 Å². The van der Waals surface area contributed by atoms with E-state index in [0.717, 1.165) is 18.4 Å². The Hall–Kier alpha value is -1.69. The third-order valence-corrected chi connectivity index (χ3v) is 4.40. The number of nitrogens with zero attached hydrogens (tertiary/aromatic N) is 2. The van der Waals surface area contributed by atoms with E-state index >= 15 is 0 Å². The molecule has 0 spiro atoms. The van der Waals surface area contributed by atoms with Crippen molar-refractivity contribution in [1.29, 1.82) is 0 Å². The molecule has 1 aromatic heterocycles. The standard InChI is InChI=1S/C15H20N2O3S/c1-12(11-21(2,19)20)17(14-6-7-14)15(18)8-5-13-4-3-9-16-10-13/h3-5,8-10,12,14H,6-7,11H2,1-2H3/b8-5+/t12-/m0/s1. The monoisotopic (exact) mass is 308 g/mol. The van der Waals surface area contributed by atoms with Crippen molar-refractivity contribution < 1.29 is 13.2 Å². The second kappa shape index (κ2) is 6.39. The van der Waals surface area contributed by atoms with Crippen LogP contribution in [0.5, 0.6) is 0 Å². The Bertz CT molecular complexity index is 622. The van der Waals surface area contributed by atoms with E-state index in [4.69, 9.17) is 0 Å². The van der Waals surface area contributed by atoms with Crippen molar-refractivity contribution in [3.8, 4) is 0 Å². The maximum atomic E-state index is 12.3. The number of hydrogen-bond donors (Lipinski definition) is 0. The molecule has 2 rings (SSSR count). The summed E-state index contributed by atoms with van der Waals surface area (Å²) in [5.74, 6) is -0.145. The molecule has 1 aliphatic carbocycles. The van der Waals surface area contributed by atoms with E-state index in [0.29, 0.717) is 0 Å². The van der Waals surface area contributed by atoms with Crippen LogP contribution in [0.1, 0.15) is 25.3 Å². The first kappa shape index (κ1) is 15.7. The van der Waals surface area contributed by atoms with Crippen molar-refractivity contribution in [3.63, 3.8) is 0 Å². The van der Waals surface area contributed by atoms with Gasteiger partial charge in [0.15, 0.2) is 0 Å². The molecular formula is C15H20N2O3S. The summed E-state index contributed by atoms with van der Waals surface area (Å²) in [6.45, 7) is 1.79. The summed E-state index contributed by atoms with van der Waals surface area (Å²) in [5.41, 5.74) is 0.845. The van der Waals surface area contributed by atoms with Crippen LogP contribution in [0.25, 0.3) is 6.08 Å². The predicted molar refractivity (Wildman–Crippen MR) is 82.3 cm³/mol. The lowest BCUT2D eigenvalue weighted by Crippen LogP contribution is -2.43. The highest BCUT2D eigenvalue weighted by Crippen LogP contribution is 2.29. The Kier molecular flexibility index (Phi) is 4.77. The average Bonchev–Trinajstić information content (AvgIpc) is 3.20. The quantitative estimate of drug-likeness (QED) is 0.747. The van der Waals surface area contributed by atoms with Crippen LogP contribution < -0.4 is 0 Å². The number of amides is 1. The average molecular weight is 308 g/mol. The fourth-order valence-electron chi connectivity index (χ4n) is 2.36. The molecule has 0 unspecified atom stereocenters. The molecule has 6 heteroatoms. The minimum absolute atomic E-state index is 0.00400. The Morgan fingerprint density at radius 2 is 2.24 bits per heavy atom. The Morgan fingerprint density at radius 3 is 2.76 bits per heavy atom. The van der Waals surface area contributed by atoms with Gasteiger partial charge in [-0.25, -0.2) is 8.42 Å². The zero-order valence-electron chi connectivity index (χ0n) is 12.3. The van der Waals surface area contributed by atoms with Crippen molar-refractivity contribution in [2.24, 2.45) is 0 Å². The van der Waals surface area contributed by atoms with Crippen molar-refractivity contribution in [2.75, 3.05) is 12.0 Å². The van der Waals surface area contributed by atoms with E-state index < -0.39 is 9.84 Å². The minimum atomic E-state index is -3.10. The number of sulfone groups is 1. The molecule has 1 atom stereocenters. The highest BCUT2D eigenvalue weighted by molar-refractivity contribution is 7.90. The normalized spacial score (nSPS) is 16.9. The molecule has 114 valence electrons. The van der Waals surface area contributed by atoms with Crippen molar-refractivity contribution >= 4 is 21.8 Å². The summed E-state index contributed by atoms with van der Waals surface area (Å²) in [5, 5.41) is 0. The first-order valence-corrected chi connectivity index (χ1v) is 9.01. The topological polar surface area (TPSA) is 67.3 Å². The molecule has 1 fully saturated rings. The van der Waals surface area contributed by atoms with E-state index in [1.54, 1.807) is 36.4 Å². The van der Waals surface area contributed by atoms with Gasteiger partial charge >= 0.3 is 0 Å². The molecule has 1 aliphatic rings. The Balaban J connectivity index is 2.08. The smallest absolute Gasteiger partial charge is 0.247 e. The van der Waals surface area contributed by atoms with Gasteiger partial charge in [0.1, 0.15) is 9.84 Å². The summed E-state index contributed by atoms with van der Waals surface area (Å²) in [7, 11) is -3.10. The summed E-state index contributed by atoms with van der Waals surface area (Å²) >= 11 is 0. The van der Waals surface area contributed by atoms with Gasteiger partial charge in [-0.3, -0.25) is 9.78 Å². The SMILES string of the molecule is C[C@@H](CS(C)(=O)=O)N(C(=O)/C=C/c1cccnc1)C1CC1. The molecule has 0 aromatic carbocycles. The first-order chi connectivity index (χ1) is 9.87. The first-order valence-electron chi connectivity index (χ1n) is 6.95. The molecule has 0 aliphatic heterocycles. The van der Waals surface area contributed by atoms with Gasteiger partial charge in [0.05, 0.1) is 5.75 Å². The van der Waals surface area contributed by atoms with E-state index in [-0.39, 0.29) is 23.7 Å². The van der Waals surface area contributed by atoms with E-state index in [1.165, 1.54) is 12.3 Å². The summed E-state index contributed by atoms with van der Waals surface area (Å²) < 4.78 is 22.9. The van der Waals surface area contributed by atoms with E-state index in [2.05, 4.69) is 4.98 Å². The van der Waals surface area contributed by atoms with Crippen LogP contribution in [0.4, 0.5) is 0 Å². The van der Waals surface area contributed by atoms with Crippen LogP contribution in [0.2, 0.25) is 0 Å². The van der Waals surface area contributed by atoms with Crippen molar-refractivity contribution in [3.05, 3.63) is 36.2 Å². The molecule has 0 saturated heterocycles. The van der Waals surface area contributed by atoms with Crippen molar-refractivity contribution in [1.82, 2.24) is 9.88 Å². The third kappa shape index (κ3) is 4.97. The largest absolute Gasteiger partial charge is 0.332 e. The second-order valence-corrected chi connectivity index (χ2v) is 7.72. The summed E-state index contributed by atoms with van der Waals surface area (Å²) in [6.07, 6.45) is 9.63. The van der Waals surface area contributed by atoms with Gasteiger partial charge in [-0.1, -0.05) is 6.07 Å². The lowest BCUT2D eigenvalue weighted by atomic mass is 10.2. The van der Waals surface area contributed by atoms with Gasteiger partial charge in [0.2, 0.25) is 5.91 Å². The summed E-state index contributed by atoms with van der Waals surface area (Å²) in [4.78, 5) is 18.0. The van der Waals surface area contributed by atoms with Crippen LogP contribution in [-0.4, -0.2) is 48.3 Å². The highest BCUT2D eigenvalue weighted by atomic mass is 32.2. The van der Waals surface area contributed by atoms with Gasteiger partial charge in [-0.15, -0.1) is 0 Å². The minimum Gasteiger partial charge on any atom is -0.332 e. The van der Waals surface area contributed by atoms with Gasteiger partial charge in [0.25, 0.3) is 0 Å². The summed E-state index contributed by atoms with van der Waals surface area (Å²) in [6, 6.07) is 3.53. The van der Waals surface area contributed by atoms with Gasteiger partial charge in [0, 0.05) is 36.8 Å². The number of carbonyl (C=O) groups excluding carboxylic acids is 1. The van der Waals surface area contributed by atoms with Gasteiger partial charge in [-0.05, 0) is 37.5 Å². The van der Waals surface area contributed by atoms with Crippen LogP contribution >= 0.6 is 0 Å². The zero-order valence-corrected chi connectivity index (χ0v) is 13.1. The number of hydrogen-bond acceptors (Lipinski definition) is 4. The molecular weight excluding hydrogens is 288 g/mol. The van der Waals surface area contributed by atoms with Crippen LogP contribution in [0, 0.1) is 0 Å². The highest BCUT2D eigenvalue weighted by Gasteiger charge is 2.35. The molecule has 0 radical (unpaired) electrons. The Morgan fingerprint density at radius 1 is 1.52 bits per heavy atom. The van der Waals surface area contributed by atoms with Crippen molar-refractivity contribution in [2.45, 2.75) is 31.8 Å². The molecule has 5 nitrogen and oxygen atoms in total. The lowest BCUT2D eigenvalue weighted by molar-refractivity contribution is -0.128. The zero-order chi connectivity index (χ0) is 15.5. The molecule has 0 bridgehead atoms. The molecule has 0 N–H and O–H groups in total. The molecule has 21 heavy (non-hydrogen) atoms. The fourth-order valence-corrected chi connectivity index (χ4v) is 3.39. The number of rotatable bonds is 6. The predicted octanol–water partition coefficient (Wildman–Crippen LogP) is 1.52.